The highest BCUT2D eigenvalue weighted by Gasteiger charge is 2.06. The normalized spacial score (nSPS) is 10.3. The van der Waals surface area contributed by atoms with E-state index < -0.39 is 0 Å². The molecule has 2 aromatic rings. The van der Waals surface area contributed by atoms with E-state index in [1.54, 1.807) is 18.9 Å². The highest BCUT2D eigenvalue weighted by molar-refractivity contribution is 7.99. The molecule has 4 heteroatoms. The Labute approximate surface area is 116 Å². The number of benzene rings is 2. The van der Waals surface area contributed by atoms with Gasteiger partial charge in [-0.05, 0) is 23.8 Å². The first kappa shape index (κ1) is 13.1. The highest BCUT2D eigenvalue weighted by Crippen LogP contribution is 2.36. The van der Waals surface area contributed by atoms with Gasteiger partial charge < -0.3 is 10.5 Å². The summed E-state index contributed by atoms with van der Waals surface area (Å²) in [4.78, 5) is 2.14. The van der Waals surface area contributed by atoms with Gasteiger partial charge in [-0.25, -0.2) is 0 Å². The van der Waals surface area contributed by atoms with Crippen LogP contribution in [0.1, 0.15) is 5.56 Å². The van der Waals surface area contributed by atoms with E-state index in [0.29, 0.717) is 11.6 Å². The van der Waals surface area contributed by atoms with Crippen LogP contribution in [0.4, 0.5) is 5.69 Å². The second-order valence-electron chi connectivity index (χ2n) is 3.75. The van der Waals surface area contributed by atoms with Gasteiger partial charge in [-0.2, -0.15) is 0 Å². The molecule has 2 nitrogen and oxygen atoms in total. The van der Waals surface area contributed by atoms with Crippen molar-refractivity contribution in [3.63, 3.8) is 0 Å². The Balaban J connectivity index is 2.28. The number of hydrogen-bond donors (Lipinski definition) is 1. The topological polar surface area (TPSA) is 35.2 Å². The third-order valence-corrected chi connectivity index (χ3v) is 4.05. The van der Waals surface area contributed by atoms with E-state index in [9.17, 15) is 0 Å². The van der Waals surface area contributed by atoms with Crippen molar-refractivity contribution in [1.29, 1.82) is 0 Å². The lowest BCUT2D eigenvalue weighted by Crippen LogP contribution is -1.91. The Bertz CT molecular complexity index is 545. The first-order valence-electron chi connectivity index (χ1n) is 5.50. The van der Waals surface area contributed by atoms with Crippen LogP contribution in [0.5, 0.6) is 5.75 Å². The fraction of sp³-hybridized carbons (Fsp3) is 0.143. The standard InChI is InChI=1S/C14H14ClNOS/c1-17-11-6-7-14(12(16)8-11)18-13-5-3-2-4-10(13)9-15/h2-8H,9,16H2,1H3. The zero-order valence-corrected chi connectivity index (χ0v) is 11.6. The van der Waals surface area contributed by atoms with Crippen LogP contribution in [0.3, 0.4) is 0 Å². The zero-order chi connectivity index (χ0) is 13.0. The Hall–Kier alpha value is -1.32. The number of methoxy groups -OCH3 is 1. The number of ether oxygens (including phenoxy) is 1. The van der Waals surface area contributed by atoms with Crippen LogP contribution in [-0.2, 0) is 5.88 Å². The number of hydrogen-bond acceptors (Lipinski definition) is 3. The van der Waals surface area contributed by atoms with Crippen molar-refractivity contribution >= 4 is 29.1 Å². The molecule has 0 atom stereocenters. The van der Waals surface area contributed by atoms with Gasteiger partial charge in [0.25, 0.3) is 0 Å². The molecule has 2 aromatic carbocycles. The van der Waals surface area contributed by atoms with Crippen LogP contribution in [0, 0.1) is 0 Å². The number of anilines is 1. The summed E-state index contributed by atoms with van der Waals surface area (Å²) in [7, 11) is 1.63. The molecule has 0 aliphatic rings. The van der Waals surface area contributed by atoms with Gasteiger partial charge in [0.1, 0.15) is 5.75 Å². The summed E-state index contributed by atoms with van der Waals surface area (Å²) in [6, 6.07) is 13.7. The third-order valence-electron chi connectivity index (χ3n) is 2.55. The van der Waals surface area contributed by atoms with Crippen molar-refractivity contribution in [2.75, 3.05) is 12.8 Å². The number of nitrogens with two attached hydrogens (primary N) is 1. The fourth-order valence-corrected chi connectivity index (χ4v) is 2.86. The van der Waals surface area contributed by atoms with Crippen molar-refractivity contribution in [1.82, 2.24) is 0 Å². The summed E-state index contributed by atoms with van der Waals surface area (Å²) >= 11 is 7.54. The van der Waals surface area contributed by atoms with Crippen molar-refractivity contribution in [2.45, 2.75) is 15.7 Å². The molecule has 2 N–H and O–H groups in total. The third kappa shape index (κ3) is 2.92. The van der Waals surface area contributed by atoms with Crippen molar-refractivity contribution in [3.05, 3.63) is 48.0 Å². The quantitative estimate of drug-likeness (QED) is 0.674. The van der Waals surface area contributed by atoms with E-state index in [1.807, 2.05) is 42.5 Å². The van der Waals surface area contributed by atoms with Crippen molar-refractivity contribution in [3.8, 4) is 5.75 Å². The van der Waals surface area contributed by atoms with E-state index in [0.717, 1.165) is 21.1 Å². The summed E-state index contributed by atoms with van der Waals surface area (Å²) in [5.74, 6) is 1.27. The summed E-state index contributed by atoms with van der Waals surface area (Å²) in [5, 5.41) is 0. The van der Waals surface area contributed by atoms with E-state index in [2.05, 4.69) is 0 Å². The van der Waals surface area contributed by atoms with E-state index >= 15 is 0 Å². The van der Waals surface area contributed by atoms with E-state index in [-0.39, 0.29) is 0 Å². The second kappa shape index (κ2) is 6.03. The molecule has 2 rings (SSSR count). The Kier molecular flexibility index (Phi) is 4.39. The van der Waals surface area contributed by atoms with Crippen LogP contribution >= 0.6 is 23.4 Å². The van der Waals surface area contributed by atoms with E-state index in [1.165, 1.54) is 0 Å². The average molecular weight is 280 g/mol. The van der Waals surface area contributed by atoms with Crippen LogP contribution in [-0.4, -0.2) is 7.11 Å². The molecule has 0 unspecified atom stereocenters. The minimum absolute atomic E-state index is 0.499. The maximum Gasteiger partial charge on any atom is 0.120 e. The summed E-state index contributed by atoms with van der Waals surface area (Å²) in [6.07, 6.45) is 0. The molecule has 0 aliphatic heterocycles. The Morgan fingerprint density at radius 3 is 2.61 bits per heavy atom. The number of alkyl halides is 1. The summed E-state index contributed by atoms with van der Waals surface area (Å²) < 4.78 is 5.13. The lowest BCUT2D eigenvalue weighted by Gasteiger charge is -2.09. The molecule has 0 radical (unpaired) electrons. The van der Waals surface area contributed by atoms with Gasteiger partial charge in [0.05, 0.1) is 7.11 Å². The number of halogens is 1. The molecule has 94 valence electrons. The maximum atomic E-state index is 6.00. The minimum Gasteiger partial charge on any atom is -0.497 e. The van der Waals surface area contributed by atoms with Gasteiger partial charge >= 0.3 is 0 Å². The first-order valence-corrected chi connectivity index (χ1v) is 6.85. The van der Waals surface area contributed by atoms with Gasteiger partial charge in [-0.3, -0.25) is 0 Å². The molecule has 0 aromatic heterocycles. The molecule has 0 spiro atoms. The minimum atomic E-state index is 0.499. The number of nitrogen functional groups attached to an aromatic ring is 1. The first-order chi connectivity index (χ1) is 8.74. The van der Waals surface area contributed by atoms with Gasteiger partial charge in [0.15, 0.2) is 0 Å². The van der Waals surface area contributed by atoms with Gasteiger partial charge in [0.2, 0.25) is 0 Å². The lowest BCUT2D eigenvalue weighted by atomic mass is 10.2. The van der Waals surface area contributed by atoms with Gasteiger partial charge in [0, 0.05) is 27.4 Å². The highest BCUT2D eigenvalue weighted by atomic mass is 35.5. The Morgan fingerprint density at radius 1 is 1.17 bits per heavy atom. The van der Waals surface area contributed by atoms with Crippen LogP contribution in [0.25, 0.3) is 0 Å². The molecule has 0 heterocycles. The molecular formula is C14H14ClNOS. The van der Waals surface area contributed by atoms with Crippen molar-refractivity contribution in [2.24, 2.45) is 0 Å². The van der Waals surface area contributed by atoms with Crippen LogP contribution in [0.2, 0.25) is 0 Å². The summed E-state index contributed by atoms with van der Waals surface area (Å²) in [6.45, 7) is 0. The SMILES string of the molecule is COc1ccc(Sc2ccccc2CCl)c(N)c1. The number of rotatable bonds is 4. The van der Waals surface area contributed by atoms with Crippen LogP contribution < -0.4 is 10.5 Å². The average Bonchev–Trinajstić information content (AvgIpc) is 2.41. The molecule has 0 saturated heterocycles. The predicted octanol–water partition coefficient (Wildman–Crippen LogP) is 4.17. The Morgan fingerprint density at radius 2 is 1.94 bits per heavy atom. The molecule has 0 aliphatic carbocycles. The molecule has 0 amide bonds. The molecule has 0 fully saturated rings. The zero-order valence-electron chi connectivity index (χ0n) is 10.0. The molecule has 0 saturated carbocycles. The molecule has 0 bridgehead atoms. The largest absolute Gasteiger partial charge is 0.497 e. The fourth-order valence-electron chi connectivity index (χ4n) is 1.58. The van der Waals surface area contributed by atoms with Gasteiger partial charge in [-0.15, -0.1) is 11.6 Å². The monoisotopic (exact) mass is 279 g/mol. The lowest BCUT2D eigenvalue weighted by molar-refractivity contribution is 0.415. The van der Waals surface area contributed by atoms with E-state index in [4.69, 9.17) is 22.1 Å². The second-order valence-corrected chi connectivity index (χ2v) is 5.10. The van der Waals surface area contributed by atoms with Crippen LogP contribution in [0.15, 0.2) is 52.3 Å². The van der Waals surface area contributed by atoms with Gasteiger partial charge in [-0.1, -0.05) is 30.0 Å². The molecular weight excluding hydrogens is 266 g/mol. The predicted molar refractivity (Wildman–Crippen MR) is 77.5 cm³/mol. The smallest absolute Gasteiger partial charge is 0.120 e. The maximum absolute atomic E-state index is 6.00. The molecule has 18 heavy (non-hydrogen) atoms. The van der Waals surface area contributed by atoms with Crippen molar-refractivity contribution < 1.29 is 4.74 Å². The summed E-state index contributed by atoms with van der Waals surface area (Å²) in [5.41, 5.74) is 7.82.